The van der Waals surface area contributed by atoms with E-state index in [1.165, 1.54) is 0 Å². The van der Waals surface area contributed by atoms with Crippen molar-refractivity contribution in [1.82, 2.24) is 0 Å². The molecule has 3 radical (unpaired) electrons. The van der Waals surface area contributed by atoms with Gasteiger partial charge in [0.05, 0.1) is 7.85 Å². The molecule has 0 aliphatic carbocycles. The number of hydrogen-bond donors (Lipinski definition) is 0. The molecule has 0 aromatic rings. The molecule has 57 valence electrons. The van der Waals surface area contributed by atoms with Crippen LogP contribution in [0, 0.1) is 7.43 Å². The molecule has 0 unspecified atom stereocenters. The van der Waals surface area contributed by atoms with E-state index in [1.807, 2.05) is 0 Å². The third kappa shape index (κ3) is 11.9. The largest absolute Gasteiger partial charge is 0.358 e. The molecule has 0 amide bonds. The first-order chi connectivity index (χ1) is 4.12. The maximum Gasteiger partial charge on any atom is 0.0699 e. The van der Waals surface area contributed by atoms with E-state index < -0.39 is 5.79 Å². The van der Waals surface area contributed by atoms with E-state index in [4.69, 9.17) is 9.22 Å². The second-order valence-electron chi connectivity index (χ2n) is 2.16. The standard InChI is InChI=1S/C7H15B.CH3.Y/c1-3-5-7(8)6-4-2;;/h7H,3-6H2,1-2H3;1H3;/q;-1;/i7T;;. The van der Waals surface area contributed by atoms with E-state index in [-0.39, 0.29) is 40.1 Å². The van der Waals surface area contributed by atoms with Crippen LogP contribution in [0.5, 0.6) is 0 Å². The van der Waals surface area contributed by atoms with Gasteiger partial charge in [0.1, 0.15) is 0 Å². The minimum absolute atomic E-state index is 0. The third-order valence-corrected chi connectivity index (χ3v) is 1.14. The molecule has 0 aromatic carbocycles. The van der Waals surface area contributed by atoms with Crippen LogP contribution in [-0.2, 0) is 32.7 Å². The van der Waals surface area contributed by atoms with Gasteiger partial charge >= 0.3 is 0 Å². The second kappa shape index (κ2) is 12.8. The van der Waals surface area contributed by atoms with Gasteiger partial charge in [-0.3, -0.25) is 0 Å². The van der Waals surface area contributed by atoms with Gasteiger partial charge in [-0.05, 0) is 0 Å². The van der Waals surface area contributed by atoms with E-state index >= 15 is 0 Å². The zero-order valence-electron chi connectivity index (χ0n) is 8.48. The summed E-state index contributed by atoms with van der Waals surface area (Å²) < 4.78 is 7.50. The van der Waals surface area contributed by atoms with Crippen LogP contribution in [0.15, 0.2) is 0 Å². The summed E-state index contributed by atoms with van der Waals surface area (Å²) in [5.74, 6) is -0.649. The fourth-order valence-corrected chi connectivity index (χ4v) is 0.767. The zero-order valence-corrected chi connectivity index (χ0v) is 10.3. The van der Waals surface area contributed by atoms with E-state index in [0.29, 0.717) is 0 Å². The summed E-state index contributed by atoms with van der Waals surface area (Å²) in [5, 5.41) is 0. The van der Waals surface area contributed by atoms with Gasteiger partial charge in [0, 0.05) is 34.1 Å². The van der Waals surface area contributed by atoms with Gasteiger partial charge < -0.3 is 7.43 Å². The molecule has 0 bridgehead atoms. The summed E-state index contributed by atoms with van der Waals surface area (Å²) in [4.78, 5) is 0. The van der Waals surface area contributed by atoms with Crippen LogP contribution in [0.2, 0.25) is 5.79 Å². The molecule has 0 nitrogen and oxygen atoms in total. The topological polar surface area (TPSA) is 0 Å². The average molecular weight is 216 g/mol. The zero-order chi connectivity index (χ0) is 7.33. The van der Waals surface area contributed by atoms with E-state index in [2.05, 4.69) is 13.8 Å². The van der Waals surface area contributed by atoms with Crippen molar-refractivity contribution < 1.29 is 34.1 Å². The Hall–Kier alpha value is 1.17. The predicted octanol–water partition coefficient (Wildman–Crippen LogP) is 2.99. The van der Waals surface area contributed by atoms with Gasteiger partial charge in [-0.1, -0.05) is 45.3 Å². The second-order valence-corrected chi connectivity index (χ2v) is 2.16. The van der Waals surface area contributed by atoms with Crippen molar-refractivity contribution in [1.29, 1.82) is 0 Å². The Bertz CT molecular complexity index is 68.5. The number of hydrogen-bond acceptors (Lipinski definition) is 0. The molecule has 0 spiro atoms. The van der Waals surface area contributed by atoms with Gasteiger partial charge in [0.2, 0.25) is 0 Å². The van der Waals surface area contributed by atoms with Crippen LogP contribution in [0.3, 0.4) is 0 Å². The van der Waals surface area contributed by atoms with Gasteiger partial charge in [-0.15, -0.1) is 0 Å². The van der Waals surface area contributed by atoms with Crippen LogP contribution in [0.4, 0.5) is 0 Å². The molecule has 0 aliphatic rings. The summed E-state index contributed by atoms with van der Waals surface area (Å²) in [7, 11) is 5.60. The Balaban J connectivity index is -0.000000320. The molecule has 0 aromatic heterocycles. The fourth-order valence-electron chi connectivity index (χ4n) is 0.767. The van der Waals surface area contributed by atoms with Gasteiger partial charge in [-0.25, -0.2) is 0 Å². The van der Waals surface area contributed by atoms with Crippen LogP contribution in [-0.4, -0.2) is 7.85 Å². The molecular formula is C8H18BY-. The van der Waals surface area contributed by atoms with Crippen molar-refractivity contribution in [3.8, 4) is 0 Å². The van der Waals surface area contributed by atoms with Gasteiger partial charge in [0.15, 0.2) is 0 Å². The van der Waals surface area contributed by atoms with Crippen LogP contribution in [0.1, 0.15) is 40.9 Å². The Kier molecular flexibility index (Phi) is 17.6. The van der Waals surface area contributed by atoms with Gasteiger partial charge in [0.25, 0.3) is 0 Å². The number of rotatable bonds is 4. The Morgan fingerprint density at radius 2 is 1.60 bits per heavy atom. The smallest absolute Gasteiger partial charge is 0.0699 e. The summed E-state index contributed by atoms with van der Waals surface area (Å²) in [6, 6.07) is 0. The molecule has 2 heteroatoms. The Labute approximate surface area is 94.2 Å². The quantitative estimate of drug-likeness (QED) is 0.500. The minimum atomic E-state index is -0.649. The first-order valence-electron chi connectivity index (χ1n) is 3.91. The molecule has 0 heterocycles. The van der Waals surface area contributed by atoms with Crippen molar-refractivity contribution in [3.63, 3.8) is 0 Å². The minimum Gasteiger partial charge on any atom is -0.358 e. The first kappa shape index (κ1) is 13.7. The van der Waals surface area contributed by atoms with Crippen molar-refractivity contribution in [2.75, 3.05) is 0 Å². The maximum absolute atomic E-state index is 7.50. The maximum atomic E-state index is 7.50. The van der Waals surface area contributed by atoms with E-state index in [1.54, 1.807) is 0 Å². The predicted molar refractivity (Wildman–Crippen MR) is 45.7 cm³/mol. The molecule has 0 aliphatic heterocycles. The van der Waals surface area contributed by atoms with E-state index in [0.717, 1.165) is 25.7 Å². The third-order valence-electron chi connectivity index (χ3n) is 1.14. The first-order valence-corrected chi connectivity index (χ1v) is 3.41. The van der Waals surface area contributed by atoms with Crippen molar-refractivity contribution in [2.24, 2.45) is 0 Å². The molecule has 0 saturated carbocycles. The van der Waals surface area contributed by atoms with Crippen LogP contribution in [0.25, 0.3) is 0 Å². The summed E-state index contributed by atoms with van der Waals surface area (Å²) in [6.07, 6.45) is 3.67. The average Bonchev–Trinajstić information content (AvgIpc) is 1.64. The SMILES string of the molecule is [3H]C([B])(CCC)CCC.[CH3-].[Y]. The van der Waals surface area contributed by atoms with Crippen molar-refractivity contribution in [2.45, 2.75) is 45.3 Å². The summed E-state index contributed by atoms with van der Waals surface area (Å²) >= 11 is 0. The van der Waals surface area contributed by atoms with Gasteiger partial charge in [-0.2, -0.15) is 0 Å². The monoisotopic (exact) mass is 216 g/mol. The molecule has 0 atom stereocenters. The van der Waals surface area contributed by atoms with Crippen molar-refractivity contribution in [3.05, 3.63) is 7.43 Å². The normalized spacial score (nSPS) is 10.8. The molecule has 0 N–H and O–H groups in total. The molecular weight excluding hydrogens is 196 g/mol. The molecule has 0 fully saturated rings. The molecule has 0 rings (SSSR count). The molecule has 0 saturated heterocycles. The molecule has 10 heavy (non-hydrogen) atoms. The summed E-state index contributed by atoms with van der Waals surface area (Å²) in [5.41, 5.74) is 0. The summed E-state index contributed by atoms with van der Waals surface area (Å²) in [6.45, 7) is 4.12. The van der Waals surface area contributed by atoms with Crippen LogP contribution < -0.4 is 0 Å². The van der Waals surface area contributed by atoms with Crippen LogP contribution >= 0.6 is 0 Å². The Morgan fingerprint density at radius 3 is 1.80 bits per heavy atom. The fraction of sp³-hybridized carbons (Fsp3) is 0.875. The Morgan fingerprint density at radius 1 is 1.30 bits per heavy atom. The van der Waals surface area contributed by atoms with Crippen molar-refractivity contribution >= 4 is 7.85 Å². The van der Waals surface area contributed by atoms with E-state index in [9.17, 15) is 0 Å².